The minimum atomic E-state index is -1.16. The van der Waals surface area contributed by atoms with E-state index >= 15 is 0 Å². The molecule has 1 saturated heterocycles. The molecule has 4 N–H and O–H groups in total. The van der Waals surface area contributed by atoms with Crippen molar-refractivity contribution in [3.05, 3.63) is 28.8 Å². The molecule has 1 aliphatic heterocycles. The Hall–Kier alpha value is -1.92. The number of carbonyl (C=O) groups excluding carboxylic acids is 2. The molecule has 1 aromatic carbocycles. The van der Waals surface area contributed by atoms with E-state index in [1.165, 1.54) is 6.07 Å². The molecule has 2 fully saturated rings. The zero-order valence-corrected chi connectivity index (χ0v) is 19.1. The Morgan fingerprint density at radius 1 is 1.30 bits per heavy atom. The van der Waals surface area contributed by atoms with Gasteiger partial charge in [0.05, 0.1) is 11.2 Å². The van der Waals surface area contributed by atoms with Gasteiger partial charge in [0.25, 0.3) is 5.91 Å². The molecular formula is C24H38N2O4. The third-order valence-corrected chi connectivity index (χ3v) is 7.11. The number of benzene rings is 1. The molecule has 3 atom stereocenters. The average molecular weight is 419 g/mol. The summed E-state index contributed by atoms with van der Waals surface area (Å²) in [7, 11) is 0. The van der Waals surface area contributed by atoms with Gasteiger partial charge in [0.1, 0.15) is 11.5 Å². The number of rotatable bonds is 5. The first-order chi connectivity index (χ1) is 14.2. The van der Waals surface area contributed by atoms with Crippen LogP contribution in [0.5, 0.6) is 5.75 Å². The number of aryl methyl sites for hydroxylation is 1. The fourth-order valence-electron chi connectivity index (χ4n) is 5.48. The third kappa shape index (κ3) is 3.87. The van der Waals surface area contributed by atoms with E-state index in [9.17, 15) is 19.8 Å². The second-order valence-electron chi connectivity index (χ2n) is 8.56. The molecule has 3 unspecified atom stereocenters. The lowest BCUT2D eigenvalue weighted by Gasteiger charge is -2.60. The van der Waals surface area contributed by atoms with Crippen LogP contribution >= 0.6 is 0 Å². The predicted octanol–water partition coefficient (Wildman–Crippen LogP) is 3.44. The molecule has 6 heteroatoms. The standard InChI is InChI=1S/C22H32N2O4.C2H6/c1-4-5-11-24-12-10-21(13-16(25)8-9-22(21,28)15(24)3)18-14(2)6-7-17(19(18)26)20(23)27;1-2/h6-7,15,26,28H,4-5,8-13H2,1-3H3,(H2,23,27);1-2H3. The second-order valence-corrected chi connectivity index (χ2v) is 8.56. The first-order valence-electron chi connectivity index (χ1n) is 11.3. The van der Waals surface area contributed by atoms with Crippen molar-refractivity contribution in [2.24, 2.45) is 5.73 Å². The summed E-state index contributed by atoms with van der Waals surface area (Å²) in [5.74, 6) is -0.814. The third-order valence-electron chi connectivity index (χ3n) is 7.11. The number of hydrogen-bond acceptors (Lipinski definition) is 5. The normalized spacial score (nSPS) is 29.0. The van der Waals surface area contributed by atoms with Crippen LogP contribution < -0.4 is 5.73 Å². The number of carbonyl (C=O) groups is 2. The summed E-state index contributed by atoms with van der Waals surface area (Å²) >= 11 is 0. The van der Waals surface area contributed by atoms with Gasteiger partial charge in [-0.25, -0.2) is 0 Å². The lowest BCUT2D eigenvalue weighted by atomic mass is 9.52. The van der Waals surface area contributed by atoms with Gasteiger partial charge in [0.15, 0.2) is 0 Å². The van der Waals surface area contributed by atoms with Crippen LogP contribution in [0.1, 0.15) is 87.7 Å². The number of phenols is 1. The number of fused-ring (bicyclic) bond motifs is 1. The molecule has 1 saturated carbocycles. The lowest BCUT2D eigenvalue weighted by Crippen LogP contribution is -2.70. The molecule has 2 aliphatic rings. The van der Waals surface area contributed by atoms with Gasteiger partial charge < -0.3 is 15.9 Å². The summed E-state index contributed by atoms with van der Waals surface area (Å²) in [4.78, 5) is 26.7. The van der Waals surface area contributed by atoms with Crippen LogP contribution in [0.3, 0.4) is 0 Å². The topological polar surface area (TPSA) is 104 Å². The van der Waals surface area contributed by atoms with Crippen LogP contribution in [-0.2, 0) is 10.2 Å². The highest BCUT2D eigenvalue weighted by molar-refractivity contribution is 5.96. The van der Waals surface area contributed by atoms with Gasteiger partial charge in [-0.1, -0.05) is 33.3 Å². The molecule has 0 bridgehead atoms. The molecular weight excluding hydrogens is 380 g/mol. The second kappa shape index (κ2) is 9.48. The van der Waals surface area contributed by atoms with Crippen molar-refractivity contribution in [3.8, 4) is 5.75 Å². The maximum atomic E-state index is 12.5. The van der Waals surface area contributed by atoms with E-state index in [1.807, 2.05) is 27.7 Å². The number of likely N-dealkylation sites (tertiary alicyclic amines) is 1. The number of ketones is 1. The highest BCUT2D eigenvalue weighted by Gasteiger charge is 2.62. The number of aromatic hydroxyl groups is 1. The summed E-state index contributed by atoms with van der Waals surface area (Å²) in [5.41, 5.74) is 4.70. The number of Topliss-reactive ketones (excluding diaryl/α,β-unsaturated/α-hetero) is 1. The first kappa shape index (κ1) is 24.4. The van der Waals surface area contributed by atoms with E-state index in [0.717, 1.165) is 31.5 Å². The van der Waals surface area contributed by atoms with Crippen molar-refractivity contribution in [3.63, 3.8) is 0 Å². The Morgan fingerprint density at radius 3 is 2.57 bits per heavy atom. The van der Waals surface area contributed by atoms with Crippen LogP contribution in [0.2, 0.25) is 0 Å². The molecule has 0 radical (unpaired) electrons. The van der Waals surface area contributed by atoms with E-state index in [1.54, 1.807) is 6.07 Å². The number of unbranched alkanes of at least 4 members (excludes halogenated alkanes) is 1. The zero-order valence-electron chi connectivity index (χ0n) is 19.1. The van der Waals surface area contributed by atoms with Crippen molar-refractivity contribution in [2.45, 2.75) is 90.2 Å². The van der Waals surface area contributed by atoms with Crippen molar-refractivity contribution in [1.29, 1.82) is 0 Å². The van der Waals surface area contributed by atoms with Crippen molar-refractivity contribution in [2.75, 3.05) is 13.1 Å². The van der Waals surface area contributed by atoms with E-state index < -0.39 is 16.9 Å². The van der Waals surface area contributed by atoms with Crippen molar-refractivity contribution in [1.82, 2.24) is 4.90 Å². The van der Waals surface area contributed by atoms with Crippen LogP contribution in [0.4, 0.5) is 0 Å². The van der Waals surface area contributed by atoms with Crippen LogP contribution in [0, 0.1) is 6.92 Å². The molecule has 1 amide bonds. The molecule has 1 aliphatic carbocycles. The van der Waals surface area contributed by atoms with Crippen LogP contribution in [-0.4, -0.2) is 51.5 Å². The summed E-state index contributed by atoms with van der Waals surface area (Å²) < 4.78 is 0. The predicted molar refractivity (Wildman–Crippen MR) is 119 cm³/mol. The number of amides is 1. The van der Waals surface area contributed by atoms with Crippen LogP contribution in [0.15, 0.2) is 12.1 Å². The van der Waals surface area contributed by atoms with Crippen molar-refractivity contribution < 1.29 is 19.8 Å². The largest absolute Gasteiger partial charge is 0.507 e. The Kier molecular flexibility index (Phi) is 7.69. The Labute approximate surface area is 180 Å². The molecule has 6 nitrogen and oxygen atoms in total. The lowest BCUT2D eigenvalue weighted by molar-refractivity contribution is -0.164. The smallest absolute Gasteiger partial charge is 0.252 e. The number of nitrogens with two attached hydrogens (primary N) is 1. The summed E-state index contributed by atoms with van der Waals surface area (Å²) in [5, 5.41) is 23.0. The monoisotopic (exact) mass is 418 g/mol. The number of nitrogens with zero attached hydrogens (tertiary/aromatic N) is 1. The summed E-state index contributed by atoms with van der Waals surface area (Å²) in [6.07, 6.45) is 3.54. The number of hydrogen-bond donors (Lipinski definition) is 3. The van der Waals surface area contributed by atoms with E-state index in [0.29, 0.717) is 24.8 Å². The number of primary amides is 1. The maximum absolute atomic E-state index is 12.5. The molecule has 30 heavy (non-hydrogen) atoms. The molecule has 3 rings (SSSR count). The Balaban J connectivity index is 0.00000155. The minimum Gasteiger partial charge on any atom is -0.507 e. The van der Waals surface area contributed by atoms with Gasteiger partial charge in [-0.05, 0) is 57.8 Å². The average Bonchev–Trinajstić information content (AvgIpc) is 2.71. The van der Waals surface area contributed by atoms with Gasteiger partial charge in [0, 0.05) is 29.9 Å². The van der Waals surface area contributed by atoms with Crippen LogP contribution in [0.25, 0.3) is 0 Å². The first-order valence-corrected chi connectivity index (χ1v) is 11.3. The molecule has 0 aromatic heterocycles. The Morgan fingerprint density at radius 2 is 1.97 bits per heavy atom. The van der Waals surface area contributed by atoms with Crippen molar-refractivity contribution >= 4 is 11.7 Å². The van der Waals surface area contributed by atoms with E-state index in [2.05, 4.69) is 11.8 Å². The molecule has 168 valence electrons. The van der Waals surface area contributed by atoms with Gasteiger partial charge >= 0.3 is 0 Å². The SMILES string of the molecule is CC.CCCCN1CCC2(c3c(C)ccc(C(N)=O)c3O)CC(=O)CCC2(O)C1C. The fraction of sp³-hybridized carbons (Fsp3) is 0.667. The fourth-order valence-corrected chi connectivity index (χ4v) is 5.48. The molecule has 0 spiro atoms. The minimum absolute atomic E-state index is 0.0383. The summed E-state index contributed by atoms with van der Waals surface area (Å²) in [6, 6.07) is 3.10. The highest BCUT2D eigenvalue weighted by atomic mass is 16.3. The van der Waals surface area contributed by atoms with Gasteiger partial charge in [-0.15, -0.1) is 0 Å². The maximum Gasteiger partial charge on any atom is 0.252 e. The quantitative estimate of drug-likeness (QED) is 0.679. The van der Waals surface area contributed by atoms with Gasteiger partial charge in [-0.2, -0.15) is 0 Å². The van der Waals surface area contributed by atoms with E-state index in [-0.39, 0.29) is 29.6 Å². The zero-order chi connectivity index (χ0) is 22.7. The Bertz CT molecular complexity index is 794. The van der Waals surface area contributed by atoms with E-state index in [4.69, 9.17) is 5.73 Å². The molecule has 1 aromatic rings. The number of aliphatic hydroxyl groups is 1. The number of piperidine rings is 1. The van der Waals surface area contributed by atoms with Gasteiger partial charge in [-0.3, -0.25) is 14.5 Å². The highest BCUT2D eigenvalue weighted by Crippen LogP contribution is 2.56. The summed E-state index contributed by atoms with van der Waals surface area (Å²) in [6.45, 7) is 11.6. The van der Waals surface area contributed by atoms with Gasteiger partial charge in [0.2, 0.25) is 0 Å². The molecule has 1 heterocycles.